The minimum Gasteiger partial charge on any atom is -0.497 e. The van der Waals surface area contributed by atoms with Gasteiger partial charge in [-0.15, -0.1) is 0 Å². The zero-order valence-corrected chi connectivity index (χ0v) is 14.3. The molecule has 25 heavy (non-hydrogen) atoms. The number of carbonyl (C=O) groups is 1. The van der Waals surface area contributed by atoms with E-state index >= 15 is 0 Å². The van der Waals surface area contributed by atoms with E-state index in [2.05, 4.69) is 10.0 Å². The van der Waals surface area contributed by atoms with Crippen LogP contribution in [0.3, 0.4) is 0 Å². The van der Waals surface area contributed by atoms with Crippen LogP contribution in [0.2, 0.25) is 0 Å². The van der Waals surface area contributed by atoms with Gasteiger partial charge in [0.25, 0.3) is 0 Å². The Labute approximate surface area is 146 Å². The first-order valence-corrected chi connectivity index (χ1v) is 8.83. The number of hydrogen-bond donors (Lipinski definition) is 2. The molecule has 0 radical (unpaired) electrons. The van der Waals surface area contributed by atoms with Crippen LogP contribution in [0.25, 0.3) is 0 Å². The molecular weight excluding hydrogens is 342 g/mol. The lowest BCUT2D eigenvalue weighted by molar-refractivity contribution is -0.120. The Morgan fingerprint density at radius 1 is 1.20 bits per heavy atom. The smallest absolute Gasteiger partial charge is 0.242 e. The van der Waals surface area contributed by atoms with Gasteiger partial charge in [-0.3, -0.25) is 4.79 Å². The number of methoxy groups -OCH3 is 1. The summed E-state index contributed by atoms with van der Waals surface area (Å²) in [6.07, 6.45) is 0. The highest BCUT2D eigenvalue weighted by Gasteiger charge is 2.18. The summed E-state index contributed by atoms with van der Waals surface area (Å²) in [7, 11) is -2.40. The van der Waals surface area contributed by atoms with Crippen LogP contribution in [0.15, 0.2) is 53.4 Å². The molecule has 0 aliphatic rings. The summed E-state index contributed by atoms with van der Waals surface area (Å²) < 4.78 is 31.7. The molecule has 0 atom stereocenters. The molecule has 1 amide bonds. The fourth-order valence-corrected chi connectivity index (χ4v) is 3.21. The Balaban J connectivity index is 1.94. The lowest BCUT2D eigenvalue weighted by atomic mass is 10.2. The maximum Gasteiger partial charge on any atom is 0.242 e. The van der Waals surface area contributed by atoms with Crippen molar-refractivity contribution in [2.45, 2.75) is 11.4 Å². The minimum absolute atomic E-state index is 0.0202. The Hall–Kier alpha value is -2.89. The van der Waals surface area contributed by atoms with E-state index < -0.39 is 22.5 Å². The lowest BCUT2D eigenvalue weighted by Crippen LogP contribution is -2.36. The van der Waals surface area contributed by atoms with Gasteiger partial charge in [0, 0.05) is 6.54 Å². The van der Waals surface area contributed by atoms with E-state index in [1.54, 1.807) is 31.4 Å². The third-order valence-electron chi connectivity index (χ3n) is 3.34. The van der Waals surface area contributed by atoms with Crippen LogP contribution in [-0.2, 0) is 21.4 Å². The second kappa shape index (κ2) is 8.28. The Kier molecular flexibility index (Phi) is 6.11. The summed E-state index contributed by atoms with van der Waals surface area (Å²) in [5, 5.41) is 11.6. The van der Waals surface area contributed by atoms with Crippen LogP contribution in [-0.4, -0.2) is 28.0 Å². The standard InChI is InChI=1S/C17H17N3O4S/c1-24-15-7-4-5-13(9-15)11-19-17(21)12-20-25(22,23)16-8-3-2-6-14(16)10-18/h2-9,20H,11-12H2,1H3,(H,19,21). The van der Waals surface area contributed by atoms with E-state index in [-0.39, 0.29) is 17.0 Å². The molecule has 7 nitrogen and oxygen atoms in total. The highest BCUT2D eigenvalue weighted by atomic mass is 32.2. The van der Waals surface area contributed by atoms with Crippen molar-refractivity contribution in [3.8, 4) is 11.8 Å². The SMILES string of the molecule is COc1cccc(CNC(=O)CNS(=O)(=O)c2ccccc2C#N)c1. The number of benzene rings is 2. The van der Waals surface area contributed by atoms with Gasteiger partial charge >= 0.3 is 0 Å². The molecule has 2 N–H and O–H groups in total. The van der Waals surface area contributed by atoms with Gasteiger partial charge in [-0.05, 0) is 29.8 Å². The van der Waals surface area contributed by atoms with Gasteiger partial charge in [-0.1, -0.05) is 24.3 Å². The topological polar surface area (TPSA) is 108 Å². The Morgan fingerprint density at radius 3 is 2.68 bits per heavy atom. The van der Waals surface area contributed by atoms with Crippen molar-refractivity contribution in [2.75, 3.05) is 13.7 Å². The summed E-state index contributed by atoms with van der Waals surface area (Å²) in [6, 6.07) is 14.8. The van der Waals surface area contributed by atoms with Crippen molar-refractivity contribution in [2.24, 2.45) is 0 Å². The maximum absolute atomic E-state index is 12.2. The van der Waals surface area contributed by atoms with Gasteiger partial charge in [0.1, 0.15) is 11.8 Å². The maximum atomic E-state index is 12.2. The molecule has 2 aromatic carbocycles. The number of nitriles is 1. The molecular formula is C17H17N3O4S. The number of hydrogen-bond acceptors (Lipinski definition) is 5. The van der Waals surface area contributed by atoms with Gasteiger partial charge in [0.05, 0.1) is 24.1 Å². The Morgan fingerprint density at radius 2 is 1.96 bits per heavy atom. The first-order chi connectivity index (χ1) is 12.0. The average molecular weight is 359 g/mol. The van der Waals surface area contributed by atoms with Gasteiger partial charge < -0.3 is 10.1 Å². The van der Waals surface area contributed by atoms with Gasteiger partial charge in [0.2, 0.25) is 15.9 Å². The van der Waals surface area contributed by atoms with Crippen molar-refractivity contribution in [1.82, 2.24) is 10.0 Å². The molecule has 0 aliphatic carbocycles. The molecule has 0 aromatic heterocycles. The van der Waals surface area contributed by atoms with Crippen molar-refractivity contribution in [3.63, 3.8) is 0 Å². The molecule has 0 saturated heterocycles. The molecule has 2 aromatic rings. The second-order valence-corrected chi connectivity index (χ2v) is 6.80. The van der Waals surface area contributed by atoms with Gasteiger partial charge in [-0.2, -0.15) is 5.26 Å². The number of nitrogens with zero attached hydrogens (tertiary/aromatic N) is 1. The van der Waals surface area contributed by atoms with E-state index in [0.717, 1.165) is 5.56 Å². The highest BCUT2D eigenvalue weighted by Crippen LogP contribution is 2.14. The number of nitrogens with one attached hydrogen (secondary N) is 2. The zero-order chi connectivity index (χ0) is 18.3. The zero-order valence-electron chi connectivity index (χ0n) is 13.5. The Bertz CT molecular complexity index is 904. The number of carbonyl (C=O) groups excluding carboxylic acids is 1. The number of rotatable bonds is 7. The first-order valence-electron chi connectivity index (χ1n) is 7.34. The van der Waals surface area contributed by atoms with Gasteiger partial charge in [0.15, 0.2) is 0 Å². The molecule has 130 valence electrons. The largest absolute Gasteiger partial charge is 0.497 e. The van der Waals surface area contributed by atoms with Crippen molar-refractivity contribution in [1.29, 1.82) is 5.26 Å². The number of sulfonamides is 1. The summed E-state index contributed by atoms with van der Waals surface area (Å²) in [5.74, 6) is 0.182. The van der Waals surface area contributed by atoms with E-state index in [1.165, 1.54) is 18.2 Å². The van der Waals surface area contributed by atoms with Gasteiger partial charge in [-0.25, -0.2) is 13.1 Å². The van der Waals surface area contributed by atoms with Crippen LogP contribution >= 0.6 is 0 Å². The van der Waals surface area contributed by atoms with E-state index in [0.29, 0.717) is 5.75 Å². The van der Waals surface area contributed by atoms with Crippen molar-refractivity contribution in [3.05, 3.63) is 59.7 Å². The fraction of sp³-hybridized carbons (Fsp3) is 0.176. The first kappa shape index (κ1) is 18.4. The number of ether oxygens (including phenoxy) is 1. The van der Waals surface area contributed by atoms with Crippen LogP contribution in [0, 0.1) is 11.3 Å². The molecule has 0 aliphatic heterocycles. The minimum atomic E-state index is -3.95. The molecule has 0 heterocycles. The van der Waals surface area contributed by atoms with Crippen LogP contribution in [0.5, 0.6) is 5.75 Å². The summed E-state index contributed by atoms with van der Waals surface area (Å²) in [4.78, 5) is 11.7. The monoisotopic (exact) mass is 359 g/mol. The molecule has 0 unspecified atom stereocenters. The summed E-state index contributed by atoms with van der Waals surface area (Å²) >= 11 is 0. The predicted octanol–water partition coefficient (Wildman–Crippen LogP) is 1.16. The predicted molar refractivity (Wildman–Crippen MR) is 91.2 cm³/mol. The second-order valence-electron chi connectivity index (χ2n) is 5.06. The van der Waals surface area contributed by atoms with E-state index in [4.69, 9.17) is 10.00 Å². The summed E-state index contributed by atoms with van der Waals surface area (Å²) in [6.45, 7) is -0.182. The third-order valence-corrected chi connectivity index (χ3v) is 4.80. The van der Waals surface area contributed by atoms with E-state index in [9.17, 15) is 13.2 Å². The normalized spacial score (nSPS) is 10.7. The fourth-order valence-electron chi connectivity index (χ4n) is 2.08. The highest BCUT2D eigenvalue weighted by molar-refractivity contribution is 7.89. The third kappa shape index (κ3) is 5.04. The molecule has 0 bridgehead atoms. The van der Waals surface area contributed by atoms with E-state index in [1.807, 2.05) is 12.1 Å². The van der Waals surface area contributed by atoms with Crippen LogP contribution in [0.4, 0.5) is 0 Å². The van der Waals surface area contributed by atoms with Crippen LogP contribution < -0.4 is 14.8 Å². The van der Waals surface area contributed by atoms with Crippen molar-refractivity contribution >= 4 is 15.9 Å². The molecule has 0 fully saturated rings. The lowest BCUT2D eigenvalue weighted by Gasteiger charge is -2.09. The molecule has 2 rings (SSSR count). The van der Waals surface area contributed by atoms with Crippen molar-refractivity contribution < 1.29 is 17.9 Å². The van der Waals surface area contributed by atoms with Crippen LogP contribution in [0.1, 0.15) is 11.1 Å². The molecule has 0 spiro atoms. The summed E-state index contributed by atoms with van der Waals surface area (Å²) in [5.41, 5.74) is 0.845. The molecule has 8 heteroatoms. The quantitative estimate of drug-likeness (QED) is 0.771. The average Bonchev–Trinajstić information content (AvgIpc) is 2.65. The number of amides is 1. The molecule has 0 saturated carbocycles.